The lowest BCUT2D eigenvalue weighted by Crippen LogP contribution is -2.57. The van der Waals surface area contributed by atoms with Crippen LogP contribution < -0.4 is 16.4 Å². The van der Waals surface area contributed by atoms with Gasteiger partial charge in [0.15, 0.2) is 0 Å². The van der Waals surface area contributed by atoms with Crippen molar-refractivity contribution < 1.29 is 37.8 Å². The highest BCUT2D eigenvalue weighted by atomic mass is 32.1. The van der Waals surface area contributed by atoms with E-state index in [9.17, 15) is 24.3 Å². The molecule has 8 rings (SSSR count). The molecule has 75 heavy (non-hydrogen) atoms. The SMILES string of the molecule is Cc1ncsc1-c1ccc(CNC(=O)C2CC(O)CN2C(=O)[C@@H](NC(=O)CCCCCC(=O)N2CCC(N=CC(=CN)c3cnc4cccc(-c5cc(F)c(CN6CCOCC6)c(F)c5)c4n3)CC2)C(C)(C)C)cc1. The summed E-state index contributed by atoms with van der Waals surface area (Å²) in [6.07, 6.45) is 7.48. The van der Waals surface area contributed by atoms with E-state index in [4.69, 9.17) is 20.4 Å². The third kappa shape index (κ3) is 13.9. The van der Waals surface area contributed by atoms with Gasteiger partial charge in [-0.25, -0.2) is 18.7 Å². The molecule has 0 bridgehead atoms. The standard InChI is InChI=1S/C56H68F2N10O6S/c1-35-52(75-34-63-35)37-15-13-36(14-16-37)29-62-54(72)48-27-41(69)32-68(48)55(73)53(56(2,3)4)65-49(70)11-6-5-7-12-50(71)67-19-17-40(18-20-67)60-30-39(28-59)47-31-61-46-10-8-9-42(51(46)64-47)38-25-44(57)43(45(58)26-38)33-66-21-23-74-24-22-66/h8-10,13-16,25-26,28,30-31,34,40-41,48,53,69H,5-7,11-12,17-24,27,29,32-33,59H2,1-4H3,(H,62,72)(H,65,70)/t41?,48?,53-/m1/s1. The quantitative estimate of drug-likeness (QED) is 0.0521. The Morgan fingerprint density at radius 3 is 2.36 bits per heavy atom. The molecule has 3 atom stereocenters. The van der Waals surface area contributed by atoms with E-state index in [0.717, 1.165) is 21.7 Å². The minimum Gasteiger partial charge on any atom is -0.404 e. The minimum atomic E-state index is -0.928. The second-order valence-electron chi connectivity index (χ2n) is 20.8. The number of fused-ring (bicyclic) bond motifs is 1. The number of ether oxygens (including phenoxy) is 1. The molecule has 398 valence electrons. The van der Waals surface area contributed by atoms with Gasteiger partial charge in [-0.05, 0) is 72.9 Å². The highest BCUT2D eigenvalue weighted by Crippen LogP contribution is 2.32. The topological polar surface area (TPSA) is 209 Å². The number of hydrogen-bond acceptors (Lipinski definition) is 13. The number of aliphatic imine (C=N–C) groups is 1. The van der Waals surface area contributed by atoms with Crippen LogP contribution in [-0.4, -0.2) is 135 Å². The Morgan fingerprint density at radius 1 is 0.960 bits per heavy atom. The zero-order valence-corrected chi connectivity index (χ0v) is 44.0. The number of thiazole rings is 1. The van der Waals surface area contributed by atoms with Crippen molar-refractivity contribution in [1.82, 2.24) is 40.3 Å². The third-order valence-corrected chi connectivity index (χ3v) is 15.2. The molecule has 4 amide bonds. The predicted octanol–water partition coefficient (Wildman–Crippen LogP) is 6.96. The number of allylic oxidation sites excluding steroid dienone is 1. The highest BCUT2D eigenvalue weighted by molar-refractivity contribution is 7.13. The number of aliphatic hydroxyl groups is 1. The molecule has 5 aromatic rings. The third-order valence-electron chi connectivity index (χ3n) is 14.2. The van der Waals surface area contributed by atoms with Crippen LogP contribution >= 0.6 is 11.3 Å². The number of aromatic nitrogens is 3. The fraction of sp³-hybridized carbons (Fsp3) is 0.464. The normalized spacial score (nSPS) is 18.5. The first kappa shape index (κ1) is 54.7. The lowest BCUT2D eigenvalue weighted by Gasteiger charge is -2.35. The molecule has 0 spiro atoms. The lowest BCUT2D eigenvalue weighted by molar-refractivity contribution is -0.144. The Kier molecular flexibility index (Phi) is 18.1. The number of likely N-dealkylation sites (tertiary alicyclic amines) is 2. The lowest BCUT2D eigenvalue weighted by atomic mass is 9.85. The molecule has 0 aliphatic carbocycles. The van der Waals surface area contributed by atoms with Crippen molar-refractivity contribution in [3.05, 3.63) is 107 Å². The summed E-state index contributed by atoms with van der Waals surface area (Å²) in [4.78, 5) is 79.0. The van der Waals surface area contributed by atoms with Crippen LogP contribution in [0.2, 0.25) is 0 Å². The first-order valence-electron chi connectivity index (χ1n) is 25.9. The number of benzene rings is 3. The first-order valence-corrected chi connectivity index (χ1v) is 26.8. The Bertz CT molecular complexity index is 2870. The number of aliphatic hydroxyl groups excluding tert-OH is 1. The van der Waals surface area contributed by atoms with Crippen LogP contribution in [0, 0.1) is 24.0 Å². The largest absolute Gasteiger partial charge is 0.404 e. The maximum Gasteiger partial charge on any atom is 0.246 e. The van der Waals surface area contributed by atoms with Gasteiger partial charge in [-0.15, -0.1) is 11.3 Å². The van der Waals surface area contributed by atoms with Crippen LogP contribution in [0.1, 0.15) is 94.7 Å². The fourth-order valence-corrected chi connectivity index (χ4v) is 10.7. The first-order chi connectivity index (χ1) is 36.1. The zero-order valence-electron chi connectivity index (χ0n) is 43.2. The van der Waals surface area contributed by atoms with Crippen LogP contribution in [-0.2, 0) is 37.0 Å². The Morgan fingerprint density at radius 2 is 1.68 bits per heavy atom. The Balaban J connectivity index is 0.767. The second kappa shape index (κ2) is 24.9. The summed E-state index contributed by atoms with van der Waals surface area (Å²) in [6, 6.07) is 14.0. The number of aryl methyl sites for hydroxylation is 1. The summed E-state index contributed by atoms with van der Waals surface area (Å²) in [5.41, 5.74) is 13.0. The molecule has 0 radical (unpaired) electrons. The van der Waals surface area contributed by atoms with E-state index in [1.54, 1.807) is 41.9 Å². The van der Waals surface area contributed by atoms with Gasteiger partial charge < -0.3 is 36.0 Å². The van der Waals surface area contributed by atoms with E-state index < -0.39 is 41.1 Å². The molecule has 3 fully saturated rings. The van der Waals surface area contributed by atoms with Crippen molar-refractivity contribution in [2.24, 2.45) is 16.1 Å². The maximum atomic E-state index is 15.4. The van der Waals surface area contributed by atoms with Gasteiger partial charge in [0.05, 0.1) is 64.4 Å². The number of hydrogen-bond donors (Lipinski definition) is 4. The number of morpholine rings is 1. The number of carbonyl (C=O) groups is 4. The number of para-hydroxylation sites is 1. The van der Waals surface area contributed by atoms with Crippen molar-refractivity contribution >= 4 is 57.8 Å². The summed E-state index contributed by atoms with van der Waals surface area (Å²) >= 11 is 1.57. The number of nitrogens with zero attached hydrogens (tertiary/aromatic N) is 7. The minimum absolute atomic E-state index is 0.0130. The van der Waals surface area contributed by atoms with Gasteiger partial charge in [-0.1, -0.05) is 63.6 Å². The molecule has 3 aliphatic heterocycles. The van der Waals surface area contributed by atoms with Gasteiger partial charge in [-0.3, -0.25) is 34.1 Å². The second-order valence-corrected chi connectivity index (χ2v) is 21.6. The van der Waals surface area contributed by atoms with E-state index in [0.29, 0.717) is 111 Å². The molecule has 2 unspecified atom stereocenters. The smallest absolute Gasteiger partial charge is 0.246 e. The van der Waals surface area contributed by atoms with Crippen molar-refractivity contribution in [1.29, 1.82) is 0 Å². The van der Waals surface area contributed by atoms with Crippen LogP contribution in [0.5, 0.6) is 0 Å². The van der Waals surface area contributed by atoms with Crippen molar-refractivity contribution in [3.63, 3.8) is 0 Å². The number of unbranched alkanes of at least 4 members (excludes halogenated alkanes) is 2. The fourth-order valence-electron chi connectivity index (χ4n) is 9.85. The van der Waals surface area contributed by atoms with Crippen molar-refractivity contribution in [2.45, 2.75) is 116 Å². The number of carbonyl (C=O) groups excluding carboxylic acids is 4. The summed E-state index contributed by atoms with van der Waals surface area (Å²) in [5.74, 6) is -2.29. The molecule has 2 aromatic heterocycles. The molecule has 5 N–H and O–H groups in total. The summed E-state index contributed by atoms with van der Waals surface area (Å²) in [7, 11) is 0. The molecular weight excluding hydrogens is 979 g/mol. The predicted molar refractivity (Wildman–Crippen MR) is 286 cm³/mol. The average Bonchev–Trinajstić information content (AvgIpc) is 4.03. The van der Waals surface area contributed by atoms with Crippen LogP contribution in [0.25, 0.3) is 38.2 Å². The number of nitrogens with one attached hydrogen (secondary N) is 2. The molecule has 19 heteroatoms. The summed E-state index contributed by atoms with van der Waals surface area (Å²) < 4.78 is 36.3. The van der Waals surface area contributed by atoms with E-state index in [2.05, 4.69) is 20.6 Å². The van der Waals surface area contributed by atoms with Crippen LogP contribution in [0.3, 0.4) is 0 Å². The number of nitrogens with two attached hydrogens (primary N) is 1. The van der Waals surface area contributed by atoms with Gasteiger partial charge >= 0.3 is 0 Å². The van der Waals surface area contributed by atoms with E-state index in [-0.39, 0.29) is 61.8 Å². The van der Waals surface area contributed by atoms with Gasteiger partial charge in [-0.2, -0.15) is 0 Å². The number of piperidine rings is 1. The van der Waals surface area contributed by atoms with Gasteiger partial charge in [0.25, 0.3) is 0 Å². The molecular formula is C56H68F2N10O6S. The van der Waals surface area contributed by atoms with Crippen molar-refractivity contribution in [2.75, 3.05) is 45.9 Å². The summed E-state index contributed by atoms with van der Waals surface area (Å²) in [5, 5.41) is 16.5. The molecule has 0 saturated carbocycles. The maximum absolute atomic E-state index is 15.4. The summed E-state index contributed by atoms with van der Waals surface area (Å²) in [6.45, 7) is 11.3. The molecule has 16 nitrogen and oxygen atoms in total. The highest BCUT2D eigenvalue weighted by Gasteiger charge is 2.44. The van der Waals surface area contributed by atoms with Gasteiger partial charge in [0, 0.05) is 94.2 Å². The van der Waals surface area contributed by atoms with Crippen LogP contribution in [0.4, 0.5) is 8.78 Å². The van der Waals surface area contributed by atoms with Crippen LogP contribution in [0.15, 0.2) is 77.5 Å². The molecule has 3 aliphatic rings. The van der Waals surface area contributed by atoms with E-state index in [1.807, 2.05) is 67.3 Å². The number of halogens is 2. The number of rotatable bonds is 18. The van der Waals surface area contributed by atoms with E-state index in [1.165, 1.54) is 23.2 Å². The molecule has 3 saturated heterocycles. The zero-order chi connectivity index (χ0) is 53.2. The van der Waals surface area contributed by atoms with Gasteiger partial charge in [0.2, 0.25) is 23.6 Å². The van der Waals surface area contributed by atoms with E-state index >= 15 is 8.78 Å². The molecule has 3 aromatic carbocycles. The van der Waals surface area contributed by atoms with Crippen molar-refractivity contribution in [3.8, 4) is 21.6 Å². The number of β-amino-alcohol motifs (C(OH)–C–C–N with tert-alkyl or cyclic N) is 1. The molecule has 5 heterocycles. The monoisotopic (exact) mass is 1050 g/mol. The Labute approximate surface area is 440 Å². The average molecular weight is 1050 g/mol. The Hall–Kier alpha value is -6.54. The number of amides is 4. The van der Waals surface area contributed by atoms with Gasteiger partial charge in [0.1, 0.15) is 23.7 Å².